The lowest BCUT2D eigenvalue weighted by molar-refractivity contribution is -0.148. The molecule has 0 aliphatic carbocycles. The third-order valence-electron chi connectivity index (χ3n) is 7.75. The van der Waals surface area contributed by atoms with Crippen LogP contribution in [-0.2, 0) is 36.9 Å². The molecule has 11 heteroatoms. The van der Waals surface area contributed by atoms with Crippen LogP contribution in [0.25, 0.3) is 0 Å². The summed E-state index contributed by atoms with van der Waals surface area (Å²) in [5.41, 5.74) is 2.82. The van der Waals surface area contributed by atoms with E-state index in [1.807, 2.05) is 75.4 Å². The van der Waals surface area contributed by atoms with Gasteiger partial charge >= 0.3 is 0 Å². The zero-order valence-electron chi connectivity index (χ0n) is 26.5. The molecular formula is C33H46N4O6S. The van der Waals surface area contributed by atoms with E-state index in [-0.39, 0.29) is 30.7 Å². The molecule has 0 spiro atoms. The van der Waals surface area contributed by atoms with Crippen molar-refractivity contribution in [2.24, 2.45) is 5.92 Å². The number of thioether (sulfide) groups is 1. The second kappa shape index (κ2) is 16.1. The Morgan fingerprint density at radius 2 is 1.70 bits per heavy atom. The predicted octanol–water partition coefficient (Wildman–Crippen LogP) is 2.56. The molecule has 0 bridgehead atoms. The quantitative estimate of drug-likeness (QED) is 0.253. The van der Waals surface area contributed by atoms with Gasteiger partial charge in [-0.25, -0.2) is 0 Å². The van der Waals surface area contributed by atoms with Crippen molar-refractivity contribution in [1.29, 1.82) is 0 Å². The molecule has 1 aliphatic heterocycles. The Kier molecular flexibility index (Phi) is 12.8. The Labute approximate surface area is 264 Å². The van der Waals surface area contributed by atoms with Crippen LogP contribution in [0.15, 0.2) is 54.6 Å². The molecule has 2 aromatic rings. The van der Waals surface area contributed by atoms with E-state index >= 15 is 0 Å². The van der Waals surface area contributed by atoms with E-state index in [4.69, 9.17) is 4.74 Å². The van der Waals surface area contributed by atoms with Crippen LogP contribution >= 0.6 is 11.8 Å². The van der Waals surface area contributed by atoms with Gasteiger partial charge in [0, 0.05) is 17.9 Å². The average Bonchev–Trinajstić information content (AvgIpc) is 3.32. The smallest absolute Gasteiger partial charge is 0.254 e. The van der Waals surface area contributed by atoms with E-state index in [0.29, 0.717) is 13.2 Å². The number of nitrogens with one attached hydrogen (secondary N) is 3. The number of carbonyl (C=O) groups excluding carboxylic acids is 4. The second-order valence-electron chi connectivity index (χ2n) is 11.9. The van der Waals surface area contributed by atoms with Gasteiger partial charge in [-0.2, -0.15) is 0 Å². The molecule has 2 aromatic carbocycles. The highest BCUT2D eigenvalue weighted by Gasteiger charge is 2.50. The van der Waals surface area contributed by atoms with Gasteiger partial charge in [0.1, 0.15) is 18.7 Å². The predicted molar refractivity (Wildman–Crippen MR) is 172 cm³/mol. The van der Waals surface area contributed by atoms with Crippen LogP contribution in [0.1, 0.15) is 51.3 Å². The third kappa shape index (κ3) is 9.30. The largest absolute Gasteiger partial charge is 0.381 e. The number of hydrogen-bond donors (Lipinski definition) is 4. The number of hydrogen-bond acceptors (Lipinski definition) is 7. The van der Waals surface area contributed by atoms with Crippen LogP contribution in [0.2, 0.25) is 0 Å². The molecule has 0 aromatic heterocycles. The van der Waals surface area contributed by atoms with E-state index in [2.05, 4.69) is 16.0 Å². The lowest BCUT2D eigenvalue weighted by Gasteiger charge is -2.34. The van der Waals surface area contributed by atoms with Crippen molar-refractivity contribution in [3.63, 3.8) is 0 Å². The van der Waals surface area contributed by atoms with Crippen LogP contribution in [-0.4, -0.2) is 81.7 Å². The summed E-state index contributed by atoms with van der Waals surface area (Å²) in [6.45, 7) is 11.6. The third-order valence-corrected chi connectivity index (χ3v) is 9.13. The maximum atomic E-state index is 13.9. The Morgan fingerprint density at radius 1 is 1.05 bits per heavy atom. The zero-order valence-corrected chi connectivity index (χ0v) is 27.3. The lowest BCUT2D eigenvalue weighted by atomic mass is 9.96. The van der Waals surface area contributed by atoms with Gasteiger partial charge < -0.3 is 30.7 Å². The molecule has 0 saturated carbocycles. The highest BCUT2D eigenvalue weighted by molar-refractivity contribution is 8.00. The summed E-state index contributed by atoms with van der Waals surface area (Å²) in [4.78, 5) is 54.7. The molecule has 4 N–H and O–H groups in total. The van der Waals surface area contributed by atoms with Crippen molar-refractivity contribution in [2.75, 3.05) is 19.1 Å². The van der Waals surface area contributed by atoms with Gasteiger partial charge in [0.25, 0.3) is 5.91 Å². The van der Waals surface area contributed by atoms with Crippen LogP contribution in [0.4, 0.5) is 0 Å². The van der Waals surface area contributed by atoms with Crippen molar-refractivity contribution >= 4 is 35.4 Å². The van der Waals surface area contributed by atoms with Gasteiger partial charge in [0.15, 0.2) is 6.10 Å². The molecule has 1 fully saturated rings. The molecule has 1 aliphatic rings. The Bertz CT molecular complexity index is 1290. The molecule has 1 saturated heterocycles. The highest BCUT2D eigenvalue weighted by Crippen LogP contribution is 2.40. The standard InChI is InChI=1S/C33H46N4O6S/c1-7-43-19-26(38)36-27(21(2)3)30(40)35-25(17-23-14-9-8-10-15-23)28(39)32(42)37-20-44-33(5,6)29(37)31(41)34-18-24-16-12-11-13-22(24)4/h8-16,21,25,27-29,39H,7,17-20H2,1-6H3,(H,34,41)(H,35,40)(H,36,38)/t25-,27?,28-,29?/m0/s1. The van der Waals surface area contributed by atoms with Crippen molar-refractivity contribution in [1.82, 2.24) is 20.9 Å². The zero-order chi connectivity index (χ0) is 32.4. The molecule has 4 atom stereocenters. The van der Waals surface area contributed by atoms with Gasteiger partial charge in [-0.3, -0.25) is 19.2 Å². The summed E-state index contributed by atoms with van der Waals surface area (Å²) in [5, 5.41) is 20.0. The average molecular weight is 627 g/mol. The molecule has 44 heavy (non-hydrogen) atoms. The second-order valence-corrected chi connectivity index (χ2v) is 13.5. The number of benzene rings is 2. The fourth-order valence-corrected chi connectivity index (χ4v) is 6.31. The number of rotatable bonds is 14. The first-order valence-corrected chi connectivity index (χ1v) is 16.0. The van der Waals surface area contributed by atoms with Crippen LogP contribution in [0.5, 0.6) is 0 Å². The number of amides is 4. The van der Waals surface area contributed by atoms with Gasteiger partial charge in [0.2, 0.25) is 17.7 Å². The molecule has 4 amide bonds. The van der Waals surface area contributed by atoms with E-state index in [1.54, 1.807) is 20.8 Å². The molecule has 1 heterocycles. The Balaban J connectivity index is 1.82. The van der Waals surface area contributed by atoms with Crippen molar-refractivity contribution in [3.05, 3.63) is 71.3 Å². The normalized spacial score (nSPS) is 17.9. The molecule has 10 nitrogen and oxygen atoms in total. The molecular weight excluding hydrogens is 580 g/mol. The lowest BCUT2D eigenvalue weighted by Crippen LogP contribution is -2.60. The Morgan fingerprint density at radius 3 is 2.34 bits per heavy atom. The van der Waals surface area contributed by atoms with Crippen LogP contribution in [0.3, 0.4) is 0 Å². The minimum atomic E-state index is -1.65. The van der Waals surface area contributed by atoms with Crippen molar-refractivity contribution < 1.29 is 29.0 Å². The summed E-state index contributed by atoms with van der Waals surface area (Å²) in [6.07, 6.45) is -1.49. The van der Waals surface area contributed by atoms with Gasteiger partial charge in [-0.05, 0) is 56.7 Å². The SMILES string of the molecule is CCOCC(=O)NC(C(=O)N[C@@H](Cc1ccccc1)[C@H](O)C(=O)N1CSC(C)(C)C1C(=O)NCc1ccccc1C)C(C)C. The maximum absolute atomic E-state index is 13.9. The minimum absolute atomic E-state index is 0.158. The van der Waals surface area contributed by atoms with Crippen LogP contribution in [0, 0.1) is 12.8 Å². The molecule has 240 valence electrons. The fraction of sp³-hybridized carbons (Fsp3) is 0.515. The van der Waals surface area contributed by atoms with Crippen molar-refractivity contribution in [2.45, 2.75) is 83.5 Å². The topological polar surface area (TPSA) is 137 Å². The number of aliphatic hydroxyl groups is 1. The van der Waals surface area contributed by atoms with E-state index in [0.717, 1.165) is 16.7 Å². The van der Waals surface area contributed by atoms with E-state index in [9.17, 15) is 24.3 Å². The first kappa shape index (κ1) is 35.1. The van der Waals surface area contributed by atoms with Gasteiger partial charge in [0.05, 0.1) is 11.9 Å². The molecule has 2 unspecified atom stereocenters. The number of carbonyl (C=O) groups is 4. The van der Waals surface area contributed by atoms with Crippen LogP contribution < -0.4 is 16.0 Å². The van der Waals surface area contributed by atoms with Gasteiger partial charge in [-0.1, -0.05) is 68.4 Å². The van der Waals surface area contributed by atoms with Crippen molar-refractivity contribution in [3.8, 4) is 0 Å². The first-order valence-electron chi connectivity index (χ1n) is 15.0. The van der Waals surface area contributed by atoms with E-state index < -0.39 is 46.7 Å². The highest BCUT2D eigenvalue weighted by atomic mass is 32.2. The first-order chi connectivity index (χ1) is 20.9. The summed E-state index contributed by atoms with van der Waals surface area (Å²) < 4.78 is 4.55. The summed E-state index contributed by atoms with van der Waals surface area (Å²) in [7, 11) is 0. The van der Waals surface area contributed by atoms with Gasteiger partial charge in [-0.15, -0.1) is 11.8 Å². The summed E-state index contributed by atoms with van der Waals surface area (Å²) in [5.74, 6) is -2.00. The fourth-order valence-electron chi connectivity index (χ4n) is 5.17. The number of nitrogens with zero attached hydrogens (tertiary/aromatic N) is 1. The Hall–Kier alpha value is -3.41. The maximum Gasteiger partial charge on any atom is 0.254 e. The number of ether oxygens (including phenoxy) is 1. The summed E-state index contributed by atoms with van der Waals surface area (Å²) >= 11 is 1.45. The molecule has 3 rings (SSSR count). The monoisotopic (exact) mass is 626 g/mol. The molecule has 0 radical (unpaired) electrons. The number of aryl methyl sites for hydroxylation is 1. The number of aliphatic hydroxyl groups excluding tert-OH is 1. The minimum Gasteiger partial charge on any atom is -0.381 e. The van der Waals surface area contributed by atoms with E-state index in [1.165, 1.54) is 16.7 Å². The summed E-state index contributed by atoms with van der Waals surface area (Å²) in [6, 6.07) is 14.2.